The van der Waals surface area contributed by atoms with E-state index in [1.807, 2.05) is 0 Å². The van der Waals surface area contributed by atoms with Crippen LogP contribution in [0.3, 0.4) is 0 Å². The van der Waals surface area contributed by atoms with E-state index in [0.29, 0.717) is 22.5 Å². The lowest BCUT2D eigenvalue weighted by molar-refractivity contribution is 0.621. The Hall–Kier alpha value is -1.62. The Morgan fingerprint density at radius 1 is 1.53 bits per heavy atom. The van der Waals surface area contributed by atoms with E-state index in [-0.39, 0.29) is 5.82 Å². The molecule has 0 radical (unpaired) electrons. The highest BCUT2D eigenvalue weighted by Crippen LogP contribution is 2.28. The molecular weight excluding hydrogens is 285 g/mol. The fraction of sp³-hybridized carbons (Fsp3) is 0.0833. The number of halogens is 2. The van der Waals surface area contributed by atoms with Gasteiger partial charge in [-0.2, -0.15) is 0 Å². The lowest BCUT2D eigenvalue weighted by Crippen LogP contribution is -2.00. The Labute approximate surface area is 107 Å². The summed E-state index contributed by atoms with van der Waals surface area (Å²) in [6.45, 7) is 4.24. The van der Waals surface area contributed by atoms with Crippen LogP contribution in [0.2, 0.25) is 0 Å². The van der Waals surface area contributed by atoms with Gasteiger partial charge in [-0.25, -0.2) is 9.37 Å². The number of anilines is 1. The molecule has 0 aliphatic carbocycles. The van der Waals surface area contributed by atoms with Gasteiger partial charge in [0.05, 0.1) is 10.8 Å². The number of nitrogens with zero attached hydrogens (tertiary/aromatic N) is 2. The summed E-state index contributed by atoms with van der Waals surface area (Å²) in [6, 6.07) is 4.69. The molecule has 2 N–H and O–H groups in total. The zero-order chi connectivity index (χ0) is 12.4. The summed E-state index contributed by atoms with van der Waals surface area (Å²) in [5.41, 5.74) is 7.38. The van der Waals surface area contributed by atoms with Crippen molar-refractivity contribution < 1.29 is 4.39 Å². The van der Waals surface area contributed by atoms with Crippen molar-refractivity contribution in [3.8, 4) is 11.3 Å². The van der Waals surface area contributed by atoms with Gasteiger partial charge >= 0.3 is 0 Å². The zero-order valence-electron chi connectivity index (χ0n) is 9.03. The van der Waals surface area contributed by atoms with Crippen molar-refractivity contribution in [3.63, 3.8) is 0 Å². The highest BCUT2D eigenvalue weighted by Gasteiger charge is 2.10. The van der Waals surface area contributed by atoms with Crippen LogP contribution in [0.15, 0.2) is 41.7 Å². The first-order valence-corrected chi connectivity index (χ1v) is 5.79. The molecule has 0 aliphatic rings. The molecule has 0 amide bonds. The van der Waals surface area contributed by atoms with Crippen molar-refractivity contribution >= 4 is 21.7 Å². The van der Waals surface area contributed by atoms with E-state index in [1.165, 1.54) is 6.07 Å². The number of imidazole rings is 1. The van der Waals surface area contributed by atoms with Gasteiger partial charge in [0.15, 0.2) is 0 Å². The number of aromatic nitrogens is 2. The van der Waals surface area contributed by atoms with Crippen molar-refractivity contribution in [1.29, 1.82) is 0 Å². The first kappa shape index (κ1) is 11.9. The number of rotatable bonds is 3. The summed E-state index contributed by atoms with van der Waals surface area (Å²) in [6.07, 6.45) is 3.38. The maximum absolute atomic E-state index is 13.1. The lowest BCUT2D eigenvalue weighted by atomic mass is 10.1. The van der Waals surface area contributed by atoms with Crippen LogP contribution >= 0.6 is 15.9 Å². The molecule has 1 heterocycles. The average Bonchev–Trinajstić information content (AvgIpc) is 2.66. The fourth-order valence-corrected chi connectivity index (χ4v) is 1.92. The van der Waals surface area contributed by atoms with Gasteiger partial charge in [0.2, 0.25) is 0 Å². The third-order valence-electron chi connectivity index (χ3n) is 2.40. The molecule has 0 saturated carbocycles. The molecule has 0 fully saturated rings. The van der Waals surface area contributed by atoms with Gasteiger partial charge in [0.25, 0.3) is 0 Å². The summed E-state index contributed by atoms with van der Waals surface area (Å²) < 4.78 is 15.3. The molecule has 0 saturated heterocycles. The van der Waals surface area contributed by atoms with Crippen LogP contribution in [0.1, 0.15) is 0 Å². The van der Waals surface area contributed by atoms with Gasteiger partial charge in [-0.05, 0) is 34.1 Å². The van der Waals surface area contributed by atoms with Crippen molar-refractivity contribution in [1.82, 2.24) is 9.55 Å². The zero-order valence-corrected chi connectivity index (χ0v) is 10.6. The molecule has 5 heteroatoms. The average molecular weight is 296 g/mol. The summed E-state index contributed by atoms with van der Waals surface area (Å²) in [7, 11) is 0. The molecule has 88 valence electrons. The number of benzene rings is 1. The second-order valence-corrected chi connectivity index (χ2v) is 4.40. The molecule has 1 aromatic carbocycles. The first-order chi connectivity index (χ1) is 8.13. The summed E-state index contributed by atoms with van der Waals surface area (Å²) in [5, 5.41) is 0. The molecule has 3 nitrogen and oxygen atoms in total. The quantitative estimate of drug-likeness (QED) is 0.884. The smallest absolute Gasteiger partial charge is 0.137 e. The largest absolute Gasteiger partial charge is 0.383 e. The molecule has 0 spiro atoms. The third-order valence-corrected chi connectivity index (χ3v) is 3.00. The Morgan fingerprint density at radius 3 is 2.94 bits per heavy atom. The molecule has 0 unspecified atom stereocenters. The van der Waals surface area contributed by atoms with Gasteiger partial charge in [-0.3, -0.25) is 0 Å². The lowest BCUT2D eigenvalue weighted by Gasteiger charge is -2.03. The fourth-order valence-electron chi connectivity index (χ4n) is 1.54. The standard InChI is InChI=1S/C12H11BrFN3/c1-2-5-17-7-16-11(12(17)15)8-3-4-10(14)9(13)6-8/h2-4,6-7H,1,5,15H2. The molecule has 0 atom stereocenters. The van der Waals surface area contributed by atoms with E-state index in [9.17, 15) is 4.39 Å². The molecule has 17 heavy (non-hydrogen) atoms. The second-order valence-electron chi connectivity index (χ2n) is 3.55. The van der Waals surface area contributed by atoms with E-state index in [1.54, 1.807) is 29.1 Å². The Morgan fingerprint density at radius 2 is 2.29 bits per heavy atom. The molecule has 1 aromatic heterocycles. The van der Waals surface area contributed by atoms with E-state index >= 15 is 0 Å². The van der Waals surface area contributed by atoms with E-state index in [2.05, 4.69) is 27.5 Å². The van der Waals surface area contributed by atoms with E-state index in [0.717, 1.165) is 5.56 Å². The van der Waals surface area contributed by atoms with E-state index in [4.69, 9.17) is 5.73 Å². The first-order valence-electron chi connectivity index (χ1n) is 5.00. The predicted octanol–water partition coefficient (Wildman–Crippen LogP) is 3.22. The van der Waals surface area contributed by atoms with Crippen LogP contribution in [-0.4, -0.2) is 9.55 Å². The summed E-state index contributed by atoms with van der Waals surface area (Å²) >= 11 is 3.14. The highest BCUT2D eigenvalue weighted by atomic mass is 79.9. The minimum absolute atomic E-state index is 0.308. The summed E-state index contributed by atoms with van der Waals surface area (Å²) in [5.74, 6) is 0.237. The Kier molecular flexibility index (Phi) is 3.28. The normalized spacial score (nSPS) is 10.5. The minimum Gasteiger partial charge on any atom is -0.383 e. The number of nitrogen functional groups attached to an aromatic ring is 1. The van der Waals surface area contributed by atoms with Crippen molar-refractivity contribution in [2.75, 3.05) is 5.73 Å². The van der Waals surface area contributed by atoms with Crippen LogP contribution in [0.25, 0.3) is 11.3 Å². The highest BCUT2D eigenvalue weighted by molar-refractivity contribution is 9.10. The maximum atomic E-state index is 13.1. The third kappa shape index (κ3) is 2.24. The number of hydrogen-bond donors (Lipinski definition) is 1. The van der Waals surface area contributed by atoms with Crippen LogP contribution in [0.5, 0.6) is 0 Å². The van der Waals surface area contributed by atoms with Crippen LogP contribution in [0.4, 0.5) is 10.2 Å². The van der Waals surface area contributed by atoms with Crippen LogP contribution in [-0.2, 0) is 6.54 Å². The van der Waals surface area contributed by atoms with E-state index < -0.39 is 0 Å². The summed E-state index contributed by atoms with van der Waals surface area (Å²) in [4.78, 5) is 4.22. The maximum Gasteiger partial charge on any atom is 0.137 e. The van der Waals surface area contributed by atoms with Gasteiger partial charge in [0.1, 0.15) is 17.3 Å². The Bertz CT molecular complexity index is 563. The van der Waals surface area contributed by atoms with Gasteiger partial charge in [-0.15, -0.1) is 6.58 Å². The number of hydrogen-bond acceptors (Lipinski definition) is 2. The molecule has 2 rings (SSSR count). The minimum atomic E-state index is -0.308. The molecule has 0 aliphatic heterocycles. The Balaban J connectivity index is 2.46. The topological polar surface area (TPSA) is 43.8 Å². The van der Waals surface area contributed by atoms with Crippen LogP contribution in [0, 0.1) is 5.82 Å². The monoisotopic (exact) mass is 295 g/mol. The number of nitrogens with two attached hydrogens (primary N) is 1. The molecule has 2 aromatic rings. The SMILES string of the molecule is C=CCn1cnc(-c2ccc(F)c(Br)c2)c1N. The predicted molar refractivity (Wildman–Crippen MR) is 69.9 cm³/mol. The number of allylic oxidation sites excluding steroid dienone is 1. The van der Waals surface area contributed by atoms with Crippen molar-refractivity contribution in [2.24, 2.45) is 0 Å². The second kappa shape index (κ2) is 4.71. The van der Waals surface area contributed by atoms with Crippen LogP contribution < -0.4 is 5.73 Å². The van der Waals surface area contributed by atoms with Crippen molar-refractivity contribution in [3.05, 3.63) is 47.5 Å². The molecular formula is C12H11BrFN3. The van der Waals surface area contributed by atoms with Crippen molar-refractivity contribution in [2.45, 2.75) is 6.54 Å². The van der Waals surface area contributed by atoms with Gasteiger partial charge < -0.3 is 10.3 Å². The molecule has 0 bridgehead atoms. The van der Waals surface area contributed by atoms with Gasteiger partial charge in [0, 0.05) is 12.1 Å². The van der Waals surface area contributed by atoms with Gasteiger partial charge in [-0.1, -0.05) is 6.08 Å².